The Kier molecular flexibility index (Phi) is 10.8. The average molecular weight is 590 g/mol. The molecule has 1 fully saturated rings. The monoisotopic (exact) mass is 588 g/mol. The van der Waals surface area contributed by atoms with Crippen molar-refractivity contribution in [2.45, 2.75) is 56.5 Å². The summed E-state index contributed by atoms with van der Waals surface area (Å²) in [7, 11) is 0. The molecule has 4 rings (SSSR count). The molecule has 8 heteroatoms. The molecule has 3 aromatic carbocycles. The molecule has 0 heterocycles. The highest BCUT2D eigenvalue weighted by Gasteiger charge is 2.32. The van der Waals surface area contributed by atoms with Crippen LogP contribution in [0.25, 0.3) is 0 Å². The van der Waals surface area contributed by atoms with E-state index in [1.54, 1.807) is 23.1 Å². The first-order chi connectivity index (χ1) is 18.4. The van der Waals surface area contributed by atoms with Gasteiger partial charge in [0.1, 0.15) is 6.04 Å². The smallest absolute Gasteiger partial charge is 0.243 e. The first-order valence-electron chi connectivity index (χ1n) is 12.8. The van der Waals surface area contributed by atoms with Crippen LogP contribution in [0.1, 0.15) is 42.4 Å². The third-order valence-corrected chi connectivity index (χ3v) is 8.72. The topological polar surface area (TPSA) is 49.4 Å². The fraction of sp³-hybridized carbons (Fsp3) is 0.333. The lowest BCUT2D eigenvalue weighted by molar-refractivity contribution is -0.139. The molecule has 0 radical (unpaired) electrons. The van der Waals surface area contributed by atoms with E-state index < -0.39 is 6.04 Å². The summed E-state index contributed by atoms with van der Waals surface area (Å²) >= 11 is 20.5. The van der Waals surface area contributed by atoms with Crippen molar-refractivity contribution < 1.29 is 9.59 Å². The maximum Gasteiger partial charge on any atom is 0.243 e. The van der Waals surface area contributed by atoms with Crippen molar-refractivity contribution in [3.05, 3.63) is 105 Å². The van der Waals surface area contributed by atoms with Crippen LogP contribution in [-0.4, -0.2) is 34.6 Å². The van der Waals surface area contributed by atoms with E-state index in [-0.39, 0.29) is 30.2 Å². The lowest BCUT2D eigenvalue weighted by Crippen LogP contribution is -2.52. The second kappa shape index (κ2) is 14.3. The van der Waals surface area contributed by atoms with Crippen molar-refractivity contribution in [1.82, 2.24) is 10.2 Å². The molecule has 0 saturated heterocycles. The third-order valence-electron chi connectivity index (χ3n) is 6.77. The zero-order valence-corrected chi connectivity index (χ0v) is 24.1. The van der Waals surface area contributed by atoms with Crippen molar-refractivity contribution in [3.63, 3.8) is 0 Å². The first kappa shape index (κ1) is 28.8. The van der Waals surface area contributed by atoms with Gasteiger partial charge in [-0.3, -0.25) is 9.59 Å². The number of rotatable bonds is 11. The van der Waals surface area contributed by atoms with Crippen LogP contribution < -0.4 is 5.32 Å². The molecule has 38 heavy (non-hydrogen) atoms. The second-order valence-corrected chi connectivity index (χ2v) is 11.8. The highest BCUT2D eigenvalue weighted by Crippen LogP contribution is 2.28. The molecule has 0 bridgehead atoms. The van der Waals surface area contributed by atoms with Crippen molar-refractivity contribution in [2.75, 3.05) is 5.75 Å². The molecule has 2 amide bonds. The second-order valence-electron chi connectivity index (χ2n) is 9.54. The van der Waals surface area contributed by atoms with Gasteiger partial charge in [0.2, 0.25) is 11.8 Å². The number of hydrogen-bond donors (Lipinski definition) is 1. The zero-order chi connectivity index (χ0) is 26.9. The van der Waals surface area contributed by atoms with Gasteiger partial charge in [0.25, 0.3) is 0 Å². The van der Waals surface area contributed by atoms with Crippen LogP contribution >= 0.6 is 46.6 Å². The summed E-state index contributed by atoms with van der Waals surface area (Å²) in [6.45, 7) is 0.147. The van der Waals surface area contributed by atoms with Gasteiger partial charge in [-0.15, -0.1) is 11.8 Å². The van der Waals surface area contributed by atoms with E-state index in [9.17, 15) is 9.59 Å². The summed E-state index contributed by atoms with van der Waals surface area (Å²) in [5.41, 5.74) is 2.70. The average Bonchev–Trinajstić information content (AvgIpc) is 3.42. The number of amides is 2. The first-order valence-corrected chi connectivity index (χ1v) is 15.1. The number of carbonyl (C=O) groups is 2. The summed E-state index contributed by atoms with van der Waals surface area (Å²) in [6, 6.07) is 22.1. The molecule has 3 aromatic rings. The number of nitrogens with zero attached hydrogens (tertiary/aromatic N) is 1. The molecule has 1 N–H and O–H groups in total. The predicted octanol–water partition coefficient (Wildman–Crippen LogP) is 7.58. The molecular weight excluding hydrogens is 559 g/mol. The molecule has 0 unspecified atom stereocenters. The van der Waals surface area contributed by atoms with Gasteiger partial charge in [0.15, 0.2) is 0 Å². The maximum atomic E-state index is 13.8. The van der Waals surface area contributed by atoms with E-state index >= 15 is 0 Å². The van der Waals surface area contributed by atoms with Crippen LogP contribution in [0, 0.1) is 0 Å². The molecule has 1 aliphatic rings. The van der Waals surface area contributed by atoms with Crippen LogP contribution in [0.2, 0.25) is 15.1 Å². The third kappa shape index (κ3) is 8.16. The number of thioether (sulfide) groups is 1. The van der Waals surface area contributed by atoms with Crippen LogP contribution in [-0.2, 0) is 28.3 Å². The zero-order valence-electron chi connectivity index (χ0n) is 21.0. The summed E-state index contributed by atoms with van der Waals surface area (Å²) in [6.07, 6.45) is 4.53. The number of benzene rings is 3. The van der Waals surface area contributed by atoms with Crippen molar-refractivity contribution >= 4 is 58.4 Å². The van der Waals surface area contributed by atoms with Gasteiger partial charge in [-0.05, 0) is 48.2 Å². The van der Waals surface area contributed by atoms with Gasteiger partial charge in [-0.1, -0.05) is 96.2 Å². The molecular formula is C30H31Cl3N2O2S. The lowest BCUT2D eigenvalue weighted by atomic mass is 10.0. The summed E-state index contributed by atoms with van der Waals surface area (Å²) in [5.74, 6) is 0.593. The van der Waals surface area contributed by atoms with Crippen molar-refractivity contribution in [1.29, 1.82) is 0 Å². The number of hydrogen-bond acceptors (Lipinski definition) is 3. The Hall–Kier alpha value is -2.18. The van der Waals surface area contributed by atoms with Crippen LogP contribution in [0.15, 0.2) is 72.8 Å². The standard InChI is InChI=1S/C30H31Cl3N2O2S/c31-23-15-13-22(14-16-23)19-38-20-29(36)35(18-25-26(32)11-6-12-27(25)33)28(17-21-7-2-1-3-8-21)30(37)34-24-9-4-5-10-24/h1-3,6-8,11-16,24,28H,4-5,9-10,17-20H2,(H,34,37)/t28-/m1/s1. The number of halogens is 3. The summed E-state index contributed by atoms with van der Waals surface area (Å²) in [4.78, 5) is 29.2. The molecule has 0 aromatic heterocycles. The molecule has 1 aliphatic carbocycles. The minimum atomic E-state index is -0.700. The highest BCUT2D eigenvalue weighted by molar-refractivity contribution is 7.99. The highest BCUT2D eigenvalue weighted by atomic mass is 35.5. The number of carbonyl (C=O) groups excluding carboxylic acids is 2. The van der Waals surface area contributed by atoms with Crippen molar-refractivity contribution in [2.24, 2.45) is 0 Å². The van der Waals surface area contributed by atoms with Gasteiger partial charge in [-0.25, -0.2) is 0 Å². The van der Waals surface area contributed by atoms with E-state index in [1.807, 2.05) is 54.6 Å². The maximum absolute atomic E-state index is 13.8. The normalized spacial score (nSPS) is 14.3. The molecule has 1 saturated carbocycles. The van der Waals surface area contributed by atoms with Gasteiger partial charge >= 0.3 is 0 Å². The van der Waals surface area contributed by atoms with E-state index in [1.165, 1.54) is 11.8 Å². The van der Waals surface area contributed by atoms with E-state index in [2.05, 4.69) is 5.32 Å². The van der Waals surface area contributed by atoms with E-state index in [0.29, 0.717) is 32.8 Å². The SMILES string of the molecule is O=C(NC1CCCC1)[C@@H](Cc1ccccc1)N(Cc1c(Cl)cccc1Cl)C(=O)CSCc1ccc(Cl)cc1. The Balaban J connectivity index is 1.59. The minimum absolute atomic E-state index is 0.137. The Morgan fingerprint density at radius 2 is 1.53 bits per heavy atom. The van der Waals surface area contributed by atoms with Gasteiger partial charge in [-0.2, -0.15) is 0 Å². The Bertz CT molecular complexity index is 1200. The molecule has 0 aliphatic heterocycles. The fourth-order valence-corrected chi connectivity index (χ4v) is 6.21. The van der Waals surface area contributed by atoms with Crippen LogP contribution in [0.4, 0.5) is 0 Å². The molecule has 200 valence electrons. The molecule has 4 nitrogen and oxygen atoms in total. The van der Waals surface area contributed by atoms with Gasteiger partial charge in [0, 0.05) is 45.4 Å². The lowest BCUT2D eigenvalue weighted by Gasteiger charge is -2.33. The Labute approximate surface area is 244 Å². The van der Waals surface area contributed by atoms with E-state index in [0.717, 1.165) is 36.8 Å². The van der Waals surface area contributed by atoms with Gasteiger partial charge < -0.3 is 10.2 Å². The van der Waals surface area contributed by atoms with Crippen LogP contribution in [0.3, 0.4) is 0 Å². The molecule has 0 spiro atoms. The van der Waals surface area contributed by atoms with E-state index in [4.69, 9.17) is 34.8 Å². The Morgan fingerprint density at radius 3 is 2.18 bits per heavy atom. The van der Waals surface area contributed by atoms with Crippen LogP contribution in [0.5, 0.6) is 0 Å². The summed E-state index contributed by atoms with van der Waals surface area (Å²) in [5, 5.41) is 4.84. The Morgan fingerprint density at radius 1 is 0.868 bits per heavy atom. The minimum Gasteiger partial charge on any atom is -0.352 e. The summed E-state index contributed by atoms with van der Waals surface area (Å²) < 4.78 is 0. The number of nitrogens with one attached hydrogen (secondary N) is 1. The predicted molar refractivity (Wildman–Crippen MR) is 159 cm³/mol. The fourth-order valence-electron chi connectivity index (χ4n) is 4.69. The quantitative estimate of drug-likeness (QED) is 0.251. The largest absolute Gasteiger partial charge is 0.352 e. The van der Waals surface area contributed by atoms with Crippen molar-refractivity contribution in [3.8, 4) is 0 Å². The van der Waals surface area contributed by atoms with Gasteiger partial charge in [0.05, 0.1) is 5.75 Å². The molecule has 1 atom stereocenters.